The number of halogens is 1. The summed E-state index contributed by atoms with van der Waals surface area (Å²) < 4.78 is 12.8. The summed E-state index contributed by atoms with van der Waals surface area (Å²) in [5.74, 6) is -1.43. The van der Waals surface area contributed by atoms with Crippen molar-refractivity contribution in [1.82, 2.24) is 10.2 Å². The predicted octanol–water partition coefficient (Wildman–Crippen LogP) is 1.36. The molecule has 1 N–H and O–H groups in total. The maximum Gasteiger partial charge on any atom is 0.289 e. The van der Waals surface area contributed by atoms with Gasteiger partial charge >= 0.3 is 0 Å². The van der Waals surface area contributed by atoms with E-state index in [0.717, 1.165) is 5.56 Å². The second-order valence-corrected chi connectivity index (χ2v) is 6.17. The Hall–Kier alpha value is -2.24. The van der Waals surface area contributed by atoms with Crippen LogP contribution >= 0.6 is 0 Å². The molecule has 1 aromatic rings. The third-order valence-electron chi connectivity index (χ3n) is 4.47. The van der Waals surface area contributed by atoms with Crippen molar-refractivity contribution in [1.29, 1.82) is 0 Å². The van der Waals surface area contributed by atoms with E-state index in [1.54, 1.807) is 0 Å². The van der Waals surface area contributed by atoms with Gasteiger partial charge in [0.1, 0.15) is 12.2 Å². The highest BCUT2D eigenvalue weighted by atomic mass is 19.1. The molecule has 1 saturated heterocycles. The lowest BCUT2D eigenvalue weighted by atomic mass is 9.90. The summed E-state index contributed by atoms with van der Waals surface area (Å²) in [5, 5.41) is 2.56. The SMILES string of the molecule is O=C(NC1CC(F)C1)C(=O)[C@H]1CCC(=O)N1Cc1ccccc1. The largest absolute Gasteiger partial charge is 0.346 e. The lowest BCUT2D eigenvalue weighted by molar-refractivity contribution is -0.143. The molecule has 0 unspecified atom stereocenters. The fourth-order valence-electron chi connectivity index (χ4n) is 3.06. The molecule has 122 valence electrons. The maximum atomic E-state index is 12.8. The Morgan fingerprint density at radius 1 is 1.22 bits per heavy atom. The first kappa shape index (κ1) is 15.6. The minimum Gasteiger partial charge on any atom is -0.346 e. The summed E-state index contributed by atoms with van der Waals surface area (Å²) in [6, 6.07) is 8.38. The molecule has 2 fully saturated rings. The lowest BCUT2D eigenvalue weighted by Gasteiger charge is -2.31. The zero-order valence-corrected chi connectivity index (χ0v) is 12.7. The number of carbonyl (C=O) groups is 3. The van der Waals surface area contributed by atoms with Gasteiger partial charge in [0.2, 0.25) is 11.7 Å². The van der Waals surface area contributed by atoms with Crippen LogP contribution in [0.25, 0.3) is 0 Å². The average molecular weight is 318 g/mol. The van der Waals surface area contributed by atoms with Crippen molar-refractivity contribution < 1.29 is 18.8 Å². The highest BCUT2D eigenvalue weighted by Gasteiger charge is 2.40. The number of alkyl halides is 1. The van der Waals surface area contributed by atoms with Gasteiger partial charge < -0.3 is 10.2 Å². The van der Waals surface area contributed by atoms with Gasteiger partial charge in [0, 0.05) is 19.0 Å². The van der Waals surface area contributed by atoms with Gasteiger partial charge in [0.15, 0.2) is 0 Å². The number of hydrogen-bond donors (Lipinski definition) is 1. The average Bonchev–Trinajstić information content (AvgIpc) is 2.87. The standard InChI is InChI=1S/C17H19FN2O3/c18-12-8-13(9-12)19-17(23)16(22)14-6-7-15(21)20(14)10-11-4-2-1-3-5-11/h1-5,12-14H,6-10H2,(H,19,23)/t12?,13?,14-/m1/s1. The fourth-order valence-corrected chi connectivity index (χ4v) is 3.06. The zero-order chi connectivity index (χ0) is 16.4. The third-order valence-corrected chi connectivity index (χ3v) is 4.47. The molecular formula is C17H19FN2O3. The number of Topliss-reactive ketones (excluding diaryl/α,β-unsaturated/α-hetero) is 1. The summed E-state index contributed by atoms with van der Waals surface area (Å²) in [7, 11) is 0. The van der Waals surface area contributed by atoms with Crippen LogP contribution in [0.4, 0.5) is 4.39 Å². The maximum absolute atomic E-state index is 12.8. The first-order chi connectivity index (χ1) is 11.0. The van der Waals surface area contributed by atoms with Crippen molar-refractivity contribution >= 4 is 17.6 Å². The molecule has 23 heavy (non-hydrogen) atoms. The van der Waals surface area contributed by atoms with E-state index in [9.17, 15) is 18.8 Å². The number of likely N-dealkylation sites (tertiary alicyclic amines) is 1. The normalized spacial score (nSPS) is 26.7. The number of hydrogen-bond acceptors (Lipinski definition) is 3. The molecule has 1 saturated carbocycles. The van der Waals surface area contributed by atoms with Gasteiger partial charge in [0.05, 0.1) is 0 Å². The Bertz CT molecular complexity index is 614. The van der Waals surface area contributed by atoms with Crippen LogP contribution in [0.3, 0.4) is 0 Å². The monoisotopic (exact) mass is 318 g/mol. The van der Waals surface area contributed by atoms with Gasteiger partial charge in [-0.1, -0.05) is 30.3 Å². The van der Waals surface area contributed by atoms with E-state index < -0.39 is 23.9 Å². The molecule has 1 aliphatic heterocycles. The van der Waals surface area contributed by atoms with Crippen LogP contribution < -0.4 is 5.32 Å². The van der Waals surface area contributed by atoms with Crippen molar-refractivity contribution in [3.8, 4) is 0 Å². The molecule has 2 aliphatic rings. The van der Waals surface area contributed by atoms with E-state index in [-0.39, 0.29) is 31.2 Å². The highest BCUT2D eigenvalue weighted by molar-refractivity contribution is 6.38. The lowest BCUT2D eigenvalue weighted by Crippen LogP contribution is -2.51. The minimum atomic E-state index is -0.891. The van der Waals surface area contributed by atoms with E-state index in [0.29, 0.717) is 13.0 Å². The van der Waals surface area contributed by atoms with E-state index in [1.807, 2.05) is 30.3 Å². The molecule has 1 aromatic carbocycles. The first-order valence-electron chi connectivity index (χ1n) is 7.87. The molecule has 5 nitrogen and oxygen atoms in total. The van der Waals surface area contributed by atoms with Gasteiger partial charge in [-0.15, -0.1) is 0 Å². The number of rotatable bonds is 5. The van der Waals surface area contributed by atoms with E-state index in [4.69, 9.17) is 0 Å². The zero-order valence-electron chi connectivity index (χ0n) is 12.7. The van der Waals surface area contributed by atoms with Crippen molar-refractivity contribution in [2.24, 2.45) is 0 Å². The van der Waals surface area contributed by atoms with Crippen molar-refractivity contribution in [2.75, 3.05) is 0 Å². The van der Waals surface area contributed by atoms with Gasteiger partial charge in [0.25, 0.3) is 5.91 Å². The van der Waals surface area contributed by atoms with Gasteiger partial charge in [-0.25, -0.2) is 4.39 Å². The summed E-state index contributed by atoms with van der Waals surface area (Å²) in [6.07, 6.45) is 0.256. The van der Waals surface area contributed by atoms with Crippen molar-refractivity contribution in [3.63, 3.8) is 0 Å². The Kier molecular flexibility index (Phi) is 4.41. The molecule has 0 aromatic heterocycles. The van der Waals surface area contributed by atoms with Crippen LogP contribution in [0.1, 0.15) is 31.2 Å². The predicted molar refractivity (Wildman–Crippen MR) is 81.1 cm³/mol. The summed E-state index contributed by atoms with van der Waals surface area (Å²) >= 11 is 0. The summed E-state index contributed by atoms with van der Waals surface area (Å²) in [6.45, 7) is 0.319. The van der Waals surface area contributed by atoms with E-state index in [1.165, 1.54) is 4.90 Å². The van der Waals surface area contributed by atoms with Gasteiger partial charge in [-0.05, 0) is 24.8 Å². The molecule has 0 spiro atoms. The molecule has 1 heterocycles. The van der Waals surface area contributed by atoms with Gasteiger partial charge in [-0.2, -0.15) is 0 Å². The Balaban J connectivity index is 1.63. The second kappa shape index (κ2) is 6.48. The van der Waals surface area contributed by atoms with Crippen LogP contribution in [0.5, 0.6) is 0 Å². The molecule has 3 rings (SSSR count). The molecule has 0 radical (unpaired) electrons. The molecule has 1 atom stereocenters. The molecule has 0 bridgehead atoms. The number of ketones is 1. The van der Waals surface area contributed by atoms with Crippen molar-refractivity contribution in [3.05, 3.63) is 35.9 Å². The van der Waals surface area contributed by atoms with Crippen LogP contribution in [-0.2, 0) is 20.9 Å². The molecular weight excluding hydrogens is 299 g/mol. The minimum absolute atomic E-state index is 0.118. The molecule has 6 heteroatoms. The van der Waals surface area contributed by atoms with Crippen LogP contribution in [0.2, 0.25) is 0 Å². The number of carbonyl (C=O) groups excluding carboxylic acids is 3. The van der Waals surface area contributed by atoms with Crippen LogP contribution in [0, 0.1) is 0 Å². The Labute approximate surface area is 133 Å². The number of nitrogens with zero attached hydrogens (tertiary/aromatic N) is 1. The Morgan fingerprint density at radius 3 is 2.57 bits per heavy atom. The summed E-state index contributed by atoms with van der Waals surface area (Å²) in [5.41, 5.74) is 0.917. The van der Waals surface area contributed by atoms with Crippen LogP contribution in [0.15, 0.2) is 30.3 Å². The van der Waals surface area contributed by atoms with E-state index in [2.05, 4.69) is 5.32 Å². The molecule has 1 aliphatic carbocycles. The number of amides is 2. The van der Waals surface area contributed by atoms with Crippen molar-refractivity contribution in [2.45, 2.75) is 50.5 Å². The third kappa shape index (κ3) is 3.41. The fraction of sp³-hybridized carbons (Fsp3) is 0.471. The first-order valence-corrected chi connectivity index (χ1v) is 7.87. The molecule has 2 amide bonds. The summed E-state index contributed by atoms with van der Waals surface area (Å²) in [4.78, 5) is 37.9. The van der Waals surface area contributed by atoms with Crippen LogP contribution in [-0.4, -0.2) is 40.8 Å². The topological polar surface area (TPSA) is 66.5 Å². The van der Waals surface area contributed by atoms with Gasteiger partial charge in [-0.3, -0.25) is 14.4 Å². The van der Waals surface area contributed by atoms with E-state index >= 15 is 0 Å². The highest BCUT2D eigenvalue weighted by Crippen LogP contribution is 2.25. The Morgan fingerprint density at radius 2 is 1.91 bits per heavy atom. The number of benzene rings is 1. The second-order valence-electron chi connectivity index (χ2n) is 6.17. The quantitative estimate of drug-likeness (QED) is 0.834. The number of nitrogens with one attached hydrogen (secondary N) is 1. The smallest absolute Gasteiger partial charge is 0.289 e.